The number of aromatic amines is 1. The highest BCUT2D eigenvalue weighted by Crippen LogP contribution is 2.32. The quantitative estimate of drug-likeness (QED) is 0.250. The summed E-state index contributed by atoms with van der Waals surface area (Å²) in [4.78, 5) is 30.2. The normalized spacial score (nSPS) is 11.1. The fraction of sp³-hybridized carbons (Fsp3) is 0.107. The van der Waals surface area contributed by atoms with Gasteiger partial charge in [-0.05, 0) is 35.9 Å². The molecule has 0 aliphatic rings. The number of ether oxygens (including phenoxy) is 1. The van der Waals surface area contributed by atoms with Crippen molar-refractivity contribution >= 4 is 33.6 Å². The Balaban J connectivity index is 1.40. The lowest BCUT2D eigenvalue weighted by atomic mass is 10.0. The van der Waals surface area contributed by atoms with Crippen LogP contribution in [0.15, 0.2) is 79.0 Å². The van der Waals surface area contributed by atoms with E-state index in [4.69, 9.17) is 9.84 Å². The minimum absolute atomic E-state index is 0.0504. The fourth-order valence-corrected chi connectivity index (χ4v) is 4.39. The van der Waals surface area contributed by atoms with E-state index in [1.807, 2.05) is 60.7 Å². The highest BCUT2D eigenvalue weighted by Gasteiger charge is 2.19. The molecule has 0 aliphatic heterocycles. The average Bonchev–Trinajstić information content (AvgIpc) is 3.26. The highest BCUT2D eigenvalue weighted by atomic mass is 16.5. The Labute approximate surface area is 200 Å². The van der Waals surface area contributed by atoms with Crippen LogP contribution in [-0.4, -0.2) is 38.7 Å². The summed E-state index contributed by atoms with van der Waals surface area (Å²) >= 11 is 0. The van der Waals surface area contributed by atoms with Gasteiger partial charge in [0.05, 0.1) is 12.1 Å². The van der Waals surface area contributed by atoms with Crippen LogP contribution in [0, 0.1) is 0 Å². The van der Waals surface area contributed by atoms with Crippen LogP contribution < -0.4 is 4.74 Å². The molecule has 174 valence electrons. The summed E-state index contributed by atoms with van der Waals surface area (Å²) in [5.74, 6) is -1.33. The number of hydrogen-bond donors (Lipinski definition) is 3. The number of carboxylic acids is 2. The Morgan fingerprint density at radius 1 is 0.857 bits per heavy atom. The molecule has 0 saturated heterocycles. The van der Waals surface area contributed by atoms with E-state index in [1.165, 1.54) is 12.3 Å². The number of carboxylic acid groups (broad SMARTS) is 2. The van der Waals surface area contributed by atoms with Crippen molar-refractivity contribution in [1.29, 1.82) is 0 Å². The molecule has 0 bridgehead atoms. The number of nitrogens with zero attached hydrogens (tertiary/aromatic N) is 1. The molecule has 3 N–H and O–H groups in total. The summed E-state index contributed by atoms with van der Waals surface area (Å²) in [6.45, 7) is 0.444. The first-order chi connectivity index (χ1) is 17.0. The summed E-state index contributed by atoms with van der Waals surface area (Å²) in [5, 5.41) is 21.9. The summed E-state index contributed by atoms with van der Waals surface area (Å²) in [6.07, 6.45) is 2.64. The number of carbonyl (C=O) groups is 2. The average molecular weight is 466 g/mol. The number of benzene rings is 3. The summed E-state index contributed by atoms with van der Waals surface area (Å²) < 4.78 is 6.04. The number of aromatic carboxylic acids is 2. The van der Waals surface area contributed by atoms with Crippen molar-refractivity contribution in [2.45, 2.75) is 12.8 Å². The molecule has 0 unspecified atom stereocenters. The number of pyridine rings is 1. The predicted octanol–water partition coefficient (Wildman–Crippen LogP) is 5.79. The van der Waals surface area contributed by atoms with Gasteiger partial charge in [-0.2, -0.15) is 0 Å². The summed E-state index contributed by atoms with van der Waals surface area (Å²) in [5.41, 5.74) is 2.95. The maximum Gasteiger partial charge on any atom is 0.354 e. The molecule has 0 spiro atoms. The lowest BCUT2D eigenvalue weighted by Gasteiger charge is -2.09. The minimum atomic E-state index is -1.10. The van der Waals surface area contributed by atoms with Gasteiger partial charge in [-0.15, -0.1) is 0 Å². The molecule has 0 radical (unpaired) electrons. The predicted molar refractivity (Wildman–Crippen MR) is 133 cm³/mol. The van der Waals surface area contributed by atoms with Crippen molar-refractivity contribution < 1.29 is 24.5 Å². The third-order valence-electron chi connectivity index (χ3n) is 6.03. The second-order valence-electron chi connectivity index (χ2n) is 8.18. The van der Waals surface area contributed by atoms with Gasteiger partial charge in [0, 0.05) is 28.1 Å². The van der Waals surface area contributed by atoms with Gasteiger partial charge < -0.3 is 19.9 Å². The van der Waals surface area contributed by atoms with Crippen molar-refractivity contribution in [2.24, 2.45) is 0 Å². The first kappa shape index (κ1) is 22.2. The zero-order chi connectivity index (χ0) is 24.4. The molecule has 0 atom stereocenters. The van der Waals surface area contributed by atoms with Crippen molar-refractivity contribution in [3.8, 4) is 16.9 Å². The van der Waals surface area contributed by atoms with Crippen LogP contribution in [0.2, 0.25) is 0 Å². The van der Waals surface area contributed by atoms with Gasteiger partial charge in [-0.1, -0.05) is 60.7 Å². The summed E-state index contributed by atoms with van der Waals surface area (Å²) in [6, 6.07) is 22.7. The lowest BCUT2D eigenvalue weighted by molar-refractivity contribution is 0.0679. The van der Waals surface area contributed by atoms with Crippen molar-refractivity contribution in [3.63, 3.8) is 0 Å². The van der Waals surface area contributed by atoms with Crippen molar-refractivity contribution in [3.05, 3.63) is 95.9 Å². The van der Waals surface area contributed by atoms with Crippen LogP contribution in [0.3, 0.4) is 0 Å². The Morgan fingerprint density at radius 3 is 2.40 bits per heavy atom. The van der Waals surface area contributed by atoms with Crippen molar-refractivity contribution in [1.82, 2.24) is 9.97 Å². The number of aryl methyl sites for hydroxylation is 1. The lowest BCUT2D eigenvalue weighted by Crippen LogP contribution is -2.04. The third kappa shape index (κ3) is 4.31. The van der Waals surface area contributed by atoms with Gasteiger partial charge in [0.15, 0.2) is 0 Å². The van der Waals surface area contributed by atoms with E-state index in [-0.39, 0.29) is 11.4 Å². The zero-order valence-corrected chi connectivity index (χ0v) is 18.7. The molecule has 5 rings (SSSR count). The van der Waals surface area contributed by atoms with E-state index < -0.39 is 11.9 Å². The molecule has 0 aliphatic carbocycles. The van der Waals surface area contributed by atoms with E-state index >= 15 is 0 Å². The Morgan fingerprint density at radius 2 is 1.63 bits per heavy atom. The van der Waals surface area contributed by atoms with E-state index in [0.717, 1.165) is 27.5 Å². The number of hydrogen-bond acceptors (Lipinski definition) is 4. The molecule has 0 fully saturated rings. The molecular formula is C28H22N2O5. The Bertz CT molecular complexity index is 1550. The molecule has 7 nitrogen and oxygen atoms in total. The van der Waals surface area contributed by atoms with E-state index in [0.29, 0.717) is 36.1 Å². The van der Waals surface area contributed by atoms with Crippen LogP contribution in [0.1, 0.15) is 33.0 Å². The van der Waals surface area contributed by atoms with E-state index in [1.54, 1.807) is 6.07 Å². The van der Waals surface area contributed by atoms with E-state index in [2.05, 4.69) is 9.97 Å². The van der Waals surface area contributed by atoms with Crippen LogP contribution in [0.4, 0.5) is 0 Å². The first-order valence-electron chi connectivity index (χ1n) is 11.2. The van der Waals surface area contributed by atoms with Gasteiger partial charge in [-0.3, -0.25) is 0 Å². The van der Waals surface area contributed by atoms with Crippen LogP contribution in [-0.2, 0) is 6.42 Å². The largest absolute Gasteiger partial charge is 0.493 e. The molecule has 0 amide bonds. The first-order valence-corrected chi connectivity index (χ1v) is 11.2. The van der Waals surface area contributed by atoms with Crippen LogP contribution >= 0.6 is 0 Å². The maximum atomic E-state index is 12.0. The fourth-order valence-electron chi connectivity index (χ4n) is 4.39. The number of fused-ring (bicyclic) bond motifs is 2. The number of H-pyrrole nitrogens is 1. The van der Waals surface area contributed by atoms with Gasteiger partial charge in [0.1, 0.15) is 17.1 Å². The molecule has 3 aromatic carbocycles. The van der Waals surface area contributed by atoms with Gasteiger partial charge in [0.2, 0.25) is 0 Å². The third-order valence-corrected chi connectivity index (χ3v) is 6.03. The van der Waals surface area contributed by atoms with Crippen LogP contribution in [0.25, 0.3) is 32.8 Å². The standard InChI is InChI=1S/C28H22N2O5/c31-27(32)23-14-13-18(16-29-23)20-9-4-10-21-22(26(28(33)34)30-25(20)21)11-5-15-35-24-12-3-7-17-6-1-2-8-19(17)24/h1-4,6-10,12-14,16,30H,5,11,15H2,(H,31,32)(H,33,34). The van der Waals surface area contributed by atoms with Crippen molar-refractivity contribution in [2.75, 3.05) is 6.61 Å². The van der Waals surface area contributed by atoms with Gasteiger partial charge >= 0.3 is 11.9 Å². The number of nitrogens with one attached hydrogen (secondary N) is 1. The maximum absolute atomic E-state index is 12.0. The molecule has 7 heteroatoms. The smallest absolute Gasteiger partial charge is 0.354 e. The zero-order valence-electron chi connectivity index (χ0n) is 18.7. The second kappa shape index (κ2) is 9.30. The van der Waals surface area contributed by atoms with E-state index in [9.17, 15) is 14.7 Å². The molecule has 5 aromatic rings. The molecular weight excluding hydrogens is 444 g/mol. The Hall–Kier alpha value is -4.65. The number of aromatic nitrogens is 2. The molecule has 2 aromatic heterocycles. The van der Waals surface area contributed by atoms with Gasteiger partial charge in [0.25, 0.3) is 0 Å². The van der Waals surface area contributed by atoms with Crippen LogP contribution in [0.5, 0.6) is 5.75 Å². The monoisotopic (exact) mass is 466 g/mol. The highest BCUT2D eigenvalue weighted by molar-refractivity contribution is 6.03. The number of rotatable bonds is 8. The molecule has 2 heterocycles. The number of para-hydroxylation sites is 1. The molecule has 35 heavy (non-hydrogen) atoms. The topological polar surface area (TPSA) is 113 Å². The molecule has 0 saturated carbocycles. The Kier molecular flexibility index (Phi) is 5.89. The SMILES string of the molecule is O=C(O)c1ccc(-c2cccc3c(CCCOc4cccc5ccccc45)c(C(=O)O)[nH]c23)cn1. The van der Waals surface area contributed by atoms with Gasteiger partial charge in [-0.25, -0.2) is 14.6 Å². The summed E-state index contributed by atoms with van der Waals surface area (Å²) in [7, 11) is 0. The minimum Gasteiger partial charge on any atom is -0.493 e. The second-order valence-corrected chi connectivity index (χ2v) is 8.18.